The van der Waals surface area contributed by atoms with Crippen molar-refractivity contribution in [2.75, 3.05) is 6.54 Å². The van der Waals surface area contributed by atoms with Gasteiger partial charge in [-0.15, -0.1) is 0 Å². The normalized spacial score (nSPS) is 31.8. The second-order valence-electron chi connectivity index (χ2n) is 2.89. The summed E-state index contributed by atoms with van der Waals surface area (Å²) >= 11 is 0. The zero-order valence-electron chi connectivity index (χ0n) is 7.67. The Bertz CT molecular complexity index is 254. The van der Waals surface area contributed by atoms with Crippen LogP contribution in [0.25, 0.3) is 0 Å². The average molecular weight is 161 g/mol. The fourth-order valence-corrected chi connectivity index (χ4v) is 0.929. The first-order valence-electron chi connectivity index (χ1n) is 4.21. The molecule has 64 valence electrons. The molecule has 0 spiro atoms. The van der Waals surface area contributed by atoms with Crippen LogP contribution < -0.4 is 5.32 Å². The van der Waals surface area contributed by atoms with Crippen molar-refractivity contribution in [1.29, 1.82) is 0 Å². The molecule has 0 unspecified atom stereocenters. The predicted molar refractivity (Wildman–Crippen MR) is 53.8 cm³/mol. The van der Waals surface area contributed by atoms with Gasteiger partial charge in [-0.1, -0.05) is 24.3 Å². The van der Waals surface area contributed by atoms with Gasteiger partial charge in [-0.3, -0.25) is 0 Å². The Labute approximate surface area is 74.2 Å². The molecule has 0 aliphatic carbocycles. The van der Waals surface area contributed by atoms with Gasteiger partial charge in [0, 0.05) is 6.54 Å². The maximum Gasteiger partial charge on any atom is 0.0328 e. The Hall–Kier alpha value is -1.24. The molecule has 0 saturated heterocycles. The van der Waals surface area contributed by atoms with E-state index in [4.69, 9.17) is 0 Å². The zero-order valence-corrected chi connectivity index (χ0v) is 7.67. The number of hydrogen-bond donors (Lipinski definition) is 1. The third-order valence-corrected chi connectivity index (χ3v) is 1.90. The lowest BCUT2D eigenvalue weighted by molar-refractivity contribution is 0.982. The van der Waals surface area contributed by atoms with Crippen LogP contribution in [0.3, 0.4) is 0 Å². The molecule has 1 N–H and O–H groups in total. The number of hydrogen-bond acceptors (Lipinski definition) is 1. The van der Waals surface area contributed by atoms with Gasteiger partial charge in [-0.2, -0.15) is 0 Å². The number of allylic oxidation sites excluding steroid dienone is 6. The lowest BCUT2D eigenvalue weighted by atomic mass is 10.1. The van der Waals surface area contributed by atoms with Crippen LogP contribution in [0.15, 0.2) is 47.7 Å². The molecule has 0 bridgehead atoms. The Morgan fingerprint density at radius 3 is 2.67 bits per heavy atom. The van der Waals surface area contributed by atoms with Crippen molar-refractivity contribution in [1.82, 2.24) is 5.32 Å². The Morgan fingerprint density at radius 1 is 1.08 bits per heavy atom. The molecule has 1 rings (SSSR count). The van der Waals surface area contributed by atoms with Gasteiger partial charge in [-0.25, -0.2) is 0 Å². The molecular formula is C11H15N. The summed E-state index contributed by atoms with van der Waals surface area (Å²) in [6.45, 7) is 5.13. The molecule has 0 saturated carbocycles. The van der Waals surface area contributed by atoms with Gasteiger partial charge in [0.15, 0.2) is 0 Å². The lowest BCUT2D eigenvalue weighted by Crippen LogP contribution is -2.03. The standard InChI is InChI=1S/C11H15N/c1-10-6-4-3-5-8-12-9-7-11(10)2/h3-7,9,12H,8H2,1-2H3/b5-3+,6-4-,9-7-,11-10+. The molecule has 0 aromatic rings. The average Bonchev–Trinajstić information content (AvgIpc) is 2.08. The second kappa shape index (κ2) is 4.60. The summed E-state index contributed by atoms with van der Waals surface area (Å²) in [6, 6.07) is 0. The van der Waals surface area contributed by atoms with Crippen LogP contribution in [0, 0.1) is 0 Å². The van der Waals surface area contributed by atoms with E-state index >= 15 is 0 Å². The molecule has 0 fully saturated rings. The quantitative estimate of drug-likeness (QED) is 0.575. The summed E-state index contributed by atoms with van der Waals surface area (Å²) < 4.78 is 0. The van der Waals surface area contributed by atoms with Gasteiger partial charge < -0.3 is 5.32 Å². The Kier molecular flexibility index (Phi) is 3.39. The summed E-state index contributed by atoms with van der Waals surface area (Å²) in [5.41, 5.74) is 2.61. The SMILES string of the molecule is CC1=C(C)\C=C/NC/C=C/C=C\1. The molecule has 1 heterocycles. The fraction of sp³-hybridized carbons (Fsp3) is 0.273. The predicted octanol–water partition coefficient (Wildman–Crippen LogP) is 2.55. The van der Waals surface area contributed by atoms with Crippen molar-refractivity contribution >= 4 is 0 Å². The van der Waals surface area contributed by atoms with E-state index in [-0.39, 0.29) is 0 Å². The molecule has 0 aromatic heterocycles. The van der Waals surface area contributed by atoms with E-state index in [1.54, 1.807) is 0 Å². The summed E-state index contributed by atoms with van der Waals surface area (Å²) in [6.07, 6.45) is 12.4. The smallest absolute Gasteiger partial charge is 0.0328 e. The highest BCUT2D eigenvalue weighted by molar-refractivity contribution is 5.31. The van der Waals surface area contributed by atoms with E-state index in [1.165, 1.54) is 11.1 Å². The summed E-state index contributed by atoms with van der Waals surface area (Å²) in [4.78, 5) is 0. The number of rotatable bonds is 0. The maximum atomic E-state index is 3.17. The Morgan fingerprint density at radius 2 is 1.83 bits per heavy atom. The lowest BCUT2D eigenvalue weighted by Gasteiger charge is -1.99. The first-order valence-corrected chi connectivity index (χ1v) is 4.21. The largest absolute Gasteiger partial charge is 0.387 e. The van der Waals surface area contributed by atoms with Gasteiger partial charge in [0.2, 0.25) is 0 Å². The van der Waals surface area contributed by atoms with Gasteiger partial charge in [-0.05, 0) is 37.3 Å². The molecule has 1 aliphatic heterocycles. The minimum atomic E-state index is 0.896. The van der Waals surface area contributed by atoms with E-state index in [1.807, 2.05) is 6.20 Å². The van der Waals surface area contributed by atoms with Crippen LogP contribution in [0.1, 0.15) is 13.8 Å². The topological polar surface area (TPSA) is 12.0 Å². The molecule has 1 nitrogen and oxygen atoms in total. The monoisotopic (exact) mass is 161 g/mol. The number of nitrogens with one attached hydrogen (secondary N) is 1. The van der Waals surface area contributed by atoms with Gasteiger partial charge in [0.1, 0.15) is 0 Å². The third kappa shape index (κ3) is 2.79. The highest BCUT2D eigenvalue weighted by Gasteiger charge is 1.87. The molecule has 0 radical (unpaired) electrons. The second-order valence-corrected chi connectivity index (χ2v) is 2.89. The molecule has 1 heteroatoms. The first kappa shape index (κ1) is 8.85. The van der Waals surface area contributed by atoms with Crippen LogP contribution in [0.4, 0.5) is 0 Å². The van der Waals surface area contributed by atoms with Gasteiger partial charge in [0.05, 0.1) is 0 Å². The zero-order chi connectivity index (χ0) is 8.81. The maximum absolute atomic E-state index is 3.17. The van der Waals surface area contributed by atoms with Crippen LogP contribution in [-0.2, 0) is 0 Å². The summed E-state index contributed by atoms with van der Waals surface area (Å²) in [5, 5.41) is 3.17. The van der Waals surface area contributed by atoms with E-state index in [0.717, 1.165) is 6.54 Å². The van der Waals surface area contributed by atoms with Crippen molar-refractivity contribution < 1.29 is 0 Å². The first-order chi connectivity index (χ1) is 5.80. The highest BCUT2D eigenvalue weighted by Crippen LogP contribution is 2.06. The van der Waals surface area contributed by atoms with Crippen LogP contribution in [0.2, 0.25) is 0 Å². The van der Waals surface area contributed by atoms with Crippen LogP contribution >= 0.6 is 0 Å². The molecule has 0 aromatic carbocycles. The third-order valence-electron chi connectivity index (χ3n) is 1.90. The molecule has 1 aliphatic rings. The fourth-order valence-electron chi connectivity index (χ4n) is 0.929. The van der Waals surface area contributed by atoms with Crippen molar-refractivity contribution in [3.05, 3.63) is 47.7 Å². The molecular weight excluding hydrogens is 146 g/mol. The minimum absolute atomic E-state index is 0.896. The Balaban J connectivity index is 2.83. The van der Waals surface area contributed by atoms with Crippen LogP contribution in [-0.4, -0.2) is 6.54 Å². The molecule has 0 amide bonds. The van der Waals surface area contributed by atoms with Crippen molar-refractivity contribution in [2.45, 2.75) is 13.8 Å². The van der Waals surface area contributed by atoms with Gasteiger partial charge in [0.25, 0.3) is 0 Å². The van der Waals surface area contributed by atoms with Crippen molar-refractivity contribution in [2.24, 2.45) is 0 Å². The van der Waals surface area contributed by atoms with E-state index in [9.17, 15) is 0 Å². The van der Waals surface area contributed by atoms with E-state index < -0.39 is 0 Å². The van der Waals surface area contributed by atoms with Crippen molar-refractivity contribution in [3.8, 4) is 0 Å². The van der Waals surface area contributed by atoms with E-state index in [2.05, 4.69) is 49.5 Å². The van der Waals surface area contributed by atoms with Crippen molar-refractivity contribution in [3.63, 3.8) is 0 Å². The molecule has 0 atom stereocenters. The molecule has 12 heavy (non-hydrogen) atoms. The van der Waals surface area contributed by atoms with Crippen LogP contribution in [0.5, 0.6) is 0 Å². The van der Waals surface area contributed by atoms with E-state index in [0.29, 0.717) is 0 Å². The minimum Gasteiger partial charge on any atom is -0.387 e. The summed E-state index contributed by atoms with van der Waals surface area (Å²) in [5.74, 6) is 0. The highest BCUT2D eigenvalue weighted by atomic mass is 14.8. The summed E-state index contributed by atoms with van der Waals surface area (Å²) in [7, 11) is 0. The van der Waals surface area contributed by atoms with Gasteiger partial charge >= 0.3 is 0 Å².